The molecule has 1 rings (SSSR count). The zero-order valence-corrected chi connectivity index (χ0v) is 11.6. The number of hydrogen-bond acceptors (Lipinski definition) is 2. The summed E-state index contributed by atoms with van der Waals surface area (Å²) in [6, 6.07) is 0. The molecule has 0 atom stereocenters. The van der Waals surface area contributed by atoms with E-state index >= 15 is 0 Å². The van der Waals surface area contributed by atoms with Gasteiger partial charge >= 0.3 is 0 Å². The number of likely N-dealkylation sites (tertiary alicyclic amines) is 1. The summed E-state index contributed by atoms with van der Waals surface area (Å²) in [6.45, 7) is 9.49. The number of hydrogen-bond donors (Lipinski definition) is 0. The van der Waals surface area contributed by atoms with Gasteiger partial charge in [0.05, 0.1) is 6.10 Å². The van der Waals surface area contributed by atoms with E-state index in [1.54, 1.807) is 0 Å². The Balaban J connectivity index is 2.52. The minimum absolute atomic E-state index is 0.433. The Kier molecular flexibility index (Phi) is 5.77. The standard InChI is InChI=1S/C14H29NO/c1-5-9-14(3,10-6-2)15-11-7-13(16-4)8-12-15/h13H,5-12H2,1-4H3. The maximum atomic E-state index is 5.45. The molecule has 1 fully saturated rings. The first-order valence-electron chi connectivity index (χ1n) is 6.94. The molecule has 0 radical (unpaired) electrons. The quantitative estimate of drug-likeness (QED) is 0.689. The van der Waals surface area contributed by atoms with Gasteiger partial charge in [0.15, 0.2) is 0 Å². The van der Waals surface area contributed by atoms with Crippen LogP contribution in [0.1, 0.15) is 59.3 Å². The third kappa shape index (κ3) is 3.46. The van der Waals surface area contributed by atoms with Crippen LogP contribution in [0.25, 0.3) is 0 Å². The maximum Gasteiger partial charge on any atom is 0.0595 e. The van der Waals surface area contributed by atoms with Crippen LogP contribution in [0.15, 0.2) is 0 Å². The summed E-state index contributed by atoms with van der Waals surface area (Å²) < 4.78 is 5.45. The van der Waals surface area contributed by atoms with Crippen molar-refractivity contribution in [1.82, 2.24) is 4.90 Å². The maximum absolute atomic E-state index is 5.45. The molecule has 1 heterocycles. The zero-order valence-electron chi connectivity index (χ0n) is 11.6. The fourth-order valence-corrected chi connectivity index (χ4v) is 3.15. The number of ether oxygens (including phenoxy) is 1. The van der Waals surface area contributed by atoms with Crippen molar-refractivity contribution in [2.75, 3.05) is 20.2 Å². The van der Waals surface area contributed by atoms with Crippen molar-refractivity contribution in [1.29, 1.82) is 0 Å². The van der Waals surface area contributed by atoms with Crippen LogP contribution in [-0.4, -0.2) is 36.7 Å². The molecule has 1 saturated heterocycles. The Labute approximate surface area is 101 Å². The van der Waals surface area contributed by atoms with Crippen LogP contribution in [0, 0.1) is 0 Å². The molecule has 0 bridgehead atoms. The molecule has 0 saturated carbocycles. The predicted molar refractivity (Wildman–Crippen MR) is 69.8 cm³/mol. The van der Waals surface area contributed by atoms with Crippen molar-refractivity contribution in [3.05, 3.63) is 0 Å². The summed E-state index contributed by atoms with van der Waals surface area (Å²) in [6.07, 6.45) is 8.17. The first-order chi connectivity index (χ1) is 7.66. The molecule has 1 aliphatic heterocycles. The summed E-state index contributed by atoms with van der Waals surface area (Å²) in [4.78, 5) is 2.70. The zero-order chi connectivity index (χ0) is 12.0. The van der Waals surface area contributed by atoms with Crippen molar-refractivity contribution in [2.24, 2.45) is 0 Å². The molecule has 16 heavy (non-hydrogen) atoms. The minimum atomic E-state index is 0.433. The fourth-order valence-electron chi connectivity index (χ4n) is 3.15. The Bertz CT molecular complexity index is 179. The van der Waals surface area contributed by atoms with Crippen molar-refractivity contribution >= 4 is 0 Å². The fraction of sp³-hybridized carbons (Fsp3) is 1.00. The van der Waals surface area contributed by atoms with Gasteiger partial charge in [0.1, 0.15) is 0 Å². The van der Waals surface area contributed by atoms with E-state index in [2.05, 4.69) is 25.7 Å². The summed E-state index contributed by atoms with van der Waals surface area (Å²) in [5.41, 5.74) is 0.433. The number of nitrogens with zero attached hydrogens (tertiary/aromatic N) is 1. The average Bonchev–Trinajstić information content (AvgIpc) is 2.30. The second-order valence-electron chi connectivity index (χ2n) is 5.42. The smallest absolute Gasteiger partial charge is 0.0595 e. The van der Waals surface area contributed by atoms with Gasteiger partial charge in [-0.05, 0) is 32.6 Å². The lowest BCUT2D eigenvalue weighted by molar-refractivity contribution is -0.00538. The molecule has 2 nitrogen and oxygen atoms in total. The van der Waals surface area contributed by atoms with Gasteiger partial charge in [-0.3, -0.25) is 4.90 Å². The van der Waals surface area contributed by atoms with E-state index in [9.17, 15) is 0 Å². The second-order valence-corrected chi connectivity index (χ2v) is 5.42. The molecule has 0 aliphatic carbocycles. The summed E-state index contributed by atoms with van der Waals surface area (Å²) in [5, 5.41) is 0. The molecule has 0 spiro atoms. The third-order valence-corrected chi connectivity index (χ3v) is 4.12. The third-order valence-electron chi connectivity index (χ3n) is 4.12. The van der Waals surface area contributed by atoms with Gasteiger partial charge in [-0.1, -0.05) is 26.7 Å². The van der Waals surface area contributed by atoms with Gasteiger partial charge in [0, 0.05) is 25.7 Å². The number of piperidine rings is 1. The van der Waals surface area contributed by atoms with Gasteiger partial charge in [0.25, 0.3) is 0 Å². The van der Waals surface area contributed by atoms with Crippen molar-refractivity contribution in [2.45, 2.75) is 70.9 Å². The predicted octanol–water partition coefficient (Wildman–Crippen LogP) is 3.46. The summed E-state index contributed by atoms with van der Waals surface area (Å²) in [5.74, 6) is 0. The molecular formula is C14H29NO. The topological polar surface area (TPSA) is 12.5 Å². The van der Waals surface area contributed by atoms with Gasteiger partial charge in [-0.25, -0.2) is 0 Å². The Morgan fingerprint density at radius 2 is 1.62 bits per heavy atom. The first kappa shape index (κ1) is 14.0. The summed E-state index contributed by atoms with van der Waals surface area (Å²) in [7, 11) is 1.84. The lowest BCUT2D eigenvalue weighted by Gasteiger charge is -2.45. The highest BCUT2D eigenvalue weighted by Gasteiger charge is 2.32. The van der Waals surface area contributed by atoms with Gasteiger partial charge in [0.2, 0.25) is 0 Å². The molecule has 0 aromatic heterocycles. The Morgan fingerprint density at radius 1 is 1.12 bits per heavy atom. The van der Waals surface area contributed by atoms with Crippen LogP contribution in [0.3, 0.4) is 0 Å². The van der Waals surface area contributed by atoms with Crippen molar-refractivity contribution in [3.8, 4) is 0 Å². The van der Waals surface area contributed by atoms with Crippen LogP contribution < -0.4 is 0 Å². The monoisotopic (exact) mass is 227 g/mol. The Hall–Kier alpha value is -0.0800. The van der Waals surface area contributed by atoms with Crippen LogP contribution in [0.2, 0.25) is 0 Å². The SMILES string of the molecule is CCCC(C)(CCC)N1CCC(OC)CC1. The van der Waals surface area contributed by atoms with Gasteiger partial charge in [-0.2, -0.15) is 0 Å². The van der Waals surface area contributed by atoms with E-state index in [1.807, 2.05) is 7.11 Å². The number of rotatable bonds is 6. The minimum Gasteiger partial charge on any atom is -0.381 e. The van der Waals surface area contributed by atoms with Crippen LogP contribution >= 0.6 is 0 Å². The first-order valence-corrected chi connectivity index (χ1v) is 6.94. The van der Waals surface area contributed by atoms with Crippen LogP contribution in [0.4, 0.5) is 0 Å². The highest BCUT2D eigenvalue weighted by molar-refractivity contribution is 4.88. The number of methoxy groups -OCH3 is 1. The van der Waals surface area contributed by atoms with E-state index < -0.39 is 0 Å². The summed E-state index contributed by atoms with van der Waals surface area (Å²) >= 11 is 0. The molecule has 0 unspecified atom stereocenters. The van der Waals surface area contributed by atoms with E-state index in [0.29, 0.717) is 11.6 Å². The molecule has 0 amide bonds. The lowest BCUT2D eigenvalue weighted by atomic mass is 9.87. The van der Waals surface area contributed by atoms with Gasteiger partial charge in [-0.15, -0.1) is 0 Å². The molecule has 0 N–H and O–H groups in total. The molecule has 0 aromatic carbocycles. The lowest BCUT2D eigenvalue weighted by Crippen LogP contribution is -2.51. The van der Waals surface area contributed by atoms with E-state index in [1.165, 1.54) is 51.6 Å². The van der Waals surface area contributed by atoms with Gasteiger partial charge < -0.3 is 4.74 Å². The molecule has 2 heteroatoms. The second kappa shape index (κ2) is 6.61. The van der Waals surface area contributed by atoms with Crippen LogP contribution in [0.5, 0.6) is 0 Å². The van der Waals surface area contributed by atoms with Crippen molar-refractivity contribution < 1.29 is 4.74 Å². The highest BCUT2D eigenvalue weighted by Crippen LogP contribution is 2.30. The molecule has 0 aromatic rings. The average molecular weight is 227 g/mol. The van der Waals surface area contributed by atoms with E-state index in [-0.39, 0.29) is 0 Å². The largest absolute Gasteiger partial charge is 0.381 e. The van der Waals surface area contributed by atoms with Crippen molar-refractivity contribution in [3.63, 3.8) is 0 Å². The molecule has 96 valence electrons. The Morgan fingerprint density at radius 3 is 2.00 bits per heavy atom. The van der Waals surface area contributed by atoms with Crippen LogP contribution in [-0.2, 0) is 4.74 Å². The molecular weight excluding hydrogens is 198 g/mol. The van der Waals surface area contributed by atoms with E-state index in [4.69, 9.17) is 4.74 Å². The van der Waals surface area contributed by atoms with E-state index in [0.717, 1.165) is 0 Å². The normalized spacial score (nSPS) is 20.2. The highest BCUT2D eigenvalue weighted by atomic mass is 16.5. The molecule has 1 aliphatic rings.